The fourth-order valence-electron chi connectivity index (χ4n) is 1.98. The molecule has 0 saturated heterocycles. The van der Waals surface area contributed by atoms with Gasteiger partial charge in [-0.05, 0) is 42.3 Å². The molecule has 1 unspecified atom stereocenters. The lowest BCUT2D eigenvalue weighted by atomic mass is 9.96. The van der Waals surface area contributed by atoms with Crippen molar-refractivity contribution in [3.8, 4) is 5.75 Å². The topological polar surface area (TPSA) is 46.5 Å². The molecule has 0 aromatic heterocycles. The zero-order valence-electron chi connectivity index (χ0n) is 11.1. The third kappa shape index (κ3) is 4.46. The molecular formula is C16H14ClFO3. The highest BCUT2D eigenvalue weighted by atomic mass is 35.5. The predicted octanol–water partition coefficient (Wildman–Crippen LogP) is 4.12. The van der Waals surface area contributed by atoms with E-state index in [9.17, 15) is 14.3 Å². The summed E-state index contributed by atoms with van der Waals surface area (Å²) in [5.41, 5.74) is 0.554. The van der Waals surface area contributed by atoms with Crippen LogP contribution in [0.15, 0.2) is 48.5 Å². The van der Waals surface area contributed by atoms with Gasteiger partial charge in [-0.2, -0.15) is 0 Å². The van der Waals surface area contributed by atoms with Crippen molar-refractivity contribution in [2.24, 2.45) is 0 Å². The molecule has 0 aliphatic rings. The van der Waals surface area contributed by atoms with Gasteiger partial charge in [-0.15, -0.1) is 0 Å². The van der Waals surface area contributed by atoms with Crippen LogP contribution in [-0.4, -0.2) is 17.7 Å². The number of rotatable bonds is 6. The Hall–Kier alpha value is -2.07. The SMILES string of the molecule is O=C(O)C(CCOc1cccc(Cl)c1)c1ccc(F)cc1. The van der Waals surface area contributed by atoms with Crippen molar-refractivity contribution in [3.63, 3.8) is 0 Å². The first kappa shape index (κ1) is 15.3. The highest BCUT2D eigenvalue weighted by molar-refractivity contribution is 6.30. The molecule has 110 valence electrons. The van der Waals surface area contributed by atoms with Gasteiger partial charge in [0.1, 0.15) is 11.6 Å². The fourth-order valence-corrected chi connectivity index (χ4v) is 2.16. The van der Waals surface area contributed by atoms with Crippen molar-refractivity contribution in [2.45, 2.75) is 12.3 Å². The van der Waals surface area contributed by atoms with Crippen LogP contribution in [-0.2, 0) is 4.79 Å². The van der Waals surface area contributed by atoms with Crippen molar-refractivity contribution in [1.82, 2.24) is 0 Å². The molecule has 2 rings (SSSR count). The molecule has 2 aromatic carbocycles. The van der Waals surface area contributed by atoms with E-state index in [-0.39, 0.29) is 13.0 Å². The highest BCUT2D eigenvalue weighted by Crippen LogP contribution is 2.22. The normalized spacial score (nSPS) is 11.9. The van der Waals surface area contributed by atoms with Gasteiger partial charge in [0.2, 0.25) is 0 Å². The molecule has 1 atom stereocenters. The molecule has 2 aromatic rings. The van der Waals surface area contributed by atoms with Crippen LogP contribution in [0.4, 0.5) is 4.39 Å². The summed E-state index contributed by atoms with van der Waals surface area (Å²) in [6.45, 7) is 0.231. The summed E-state index contributed by atoms with van der Waals surface area (Å²) in [4.78, 5) is 11.3. The summed E-state index contributed by atoms with van der Waals surface area (Å²) in [5, 5.41) is 9.82. The van der Waals surface area contributed by atoms with Crippen molar-refractivity contribution >= 4 is 17.6 Å². The Labute approximate surface area is 126 Å². The van der Waals surface area contributed by atoms with Gasteiger partial charge >= 0.3 is 5.97 Å². The molecule has 5 heteroatoms. The van der Waals surface area contributed by atoms with Gasteiger partial charge < -0.3 is 9.84 Å². The lowest BCUT2D eigenvalue weighted by Gasteiger charge is -2.13. The molecule has 0 aliphatic carbocycles. The van der Waals surface area contributed by atoms with E-state index in [0.29, 0.717) is 16.3 Å². The Balaban J connectivity index is 1.98. The lowest BCUT2D eigenvalue weighted by molar-refractivity contribution is -0.139. The predicted molar refractivity (Wildman–Crippen MR) is 78.3 cm³/mol. The molecule has 0 spiro atoms. The third-order valence-corrected chi connectivity index (χ3v) is 3.28. The minimum atomic E-state index is -0.962. The zero-order valence-corrected chi connectivity index (χ0v) is 11.9. The van der Waals surface area contributed by atoms with E-state index in [1.165, 1.54) is 24.3 Å². The van der Waals surface area contributed by atoms with Gasteiger partial charge in [0, 0.05) is 5.02 Å². The number of carbonyl (C=O) groups is 1. The summed E-state index contributed by atoms with van der Waals surface area (Å²) < 4.78 is 18.4. The Morgan fingerprint density at radius 3 is 2.57 bits per heavy atom. The molecule has 1 N–H and O–H groups in total. The van der Waals surface area contributed by atoms with E-state index < -0.39 is 17.7 Å². The lowest BCUT2D eigenvalue weighted by Crippen LogP contribution is -2.15. The number of ether oxygens (including phenoxy) is 1. The maximum absolute atomic E-state index is 12.9. The summed E-state index contributed by atoms with van der Waals surface area (Å²) in [6, 6.07) is 12.4. The average Bonchev–Trinajstić information content (AvgIpc) is 2.45. The Morgan fingerprint density at radius 2 is 1.95 bits per heavy atom. The monoisotopic (exact) mass is 308 g/mol. The van der Waals surface area contributed by atoms with E-state index in [1.807, 2.05) is 0 Å². The van der Waals surface area contributed by atoms with Crippen LogP contribution in [0.2, 0.25) is 5.02 Å². The number of carboxylic acid groups (broad SMARTS) is 1. The molecule has 0 fully saturated rings. The number of carboxylic acids is 1. The first-order valence-electron chi connectivity index (χ1n) is 6.43. The summed E-state index contributed by atoms with van der Waals surface area (Å²) in [5.74, 6) is -1.50. The van der Waals surface area contributed by atoms with Gasteiger partial charge in [-0.3, -0.25) is 4.79 Å². The van der Waals surface area contributed by atoms with Gasteiger partial charge in [0.25, 0.3) is 0 Å². The largest absolute Gasteiger partial charge is 0.494 e. The van der Waals surface area contributed by atoms with E-state index in [4.69, 9.17) is 16.3 Å². The van der Waals surface area contributed by atoms with Crippen LogP contribution in [0.5, 0.6) is 5.75 Å². The fraction of sp³-hybridized carbons (Fsp3) is 0.188. The second-order valence-electron chi connectivity index (χ2n) is 4.54. The molecule has 0 radical (unpaired) electrons. The van der Waals surface area contributed by atoms with Crippen molar-refractivity contribution in [3.05, 3.63) is 64.9 Å². The maximum Gasteiger partial charge on any atom is 0.311 e. The smallest absolute Gasteiger partial charge is 0.311 e. The molecular weight excluding hydrogens is 295 g/mol. The summed E-state index contributed by atoms with van der Waals surface area (Å²) in [7, 11) is 0. The van der Waals surface area contributed by atoms with Crippen LogP contribution in [0, 0.1) is 5.82 Å². The second kappa shape index (κ2) is 7.09. The van der Waals surface area contributed by atoms with Crippen LogP contribution in [0.25, 0.3) is 0 Å². The molecule has 0 saturated carbocycles. The minimum Gasteiger partial charge on any atom is -0.494 e. The molecule has 0 heterocycles. The van der Waals surface area contributed by atoms with Crippen LogP contribution in [0.3, 0.4) is 0 Å². The number of hydrogen-bond acceptors (Lipinski definition) is 2. The molecule has 0 aliphatic heterocycles. The van der Waals surface area contributed by atoms with E-state index in [0.717, 1.165) is 0 Å². The molecule has 0 bridgehead atoms. The highest BCUT2D eigenvalue weighted by Gasteiger charge is 2.19. The Bertz CT molecular complexity index is 613. The second-order valence-corrected chi connectivity index (χ2v) is 4.97. The van der Waals surface area contributed by atoms with Gasteiger partial charge in [-0.1, -0.05) is 29.8 Å². The quantitative estimate of drug-likeness (QED) is 0.873. The Morgan fingerprint density at radius 1 is 1.24 bits per heavy atom. The zero-order chi connectivity index (χ0) is 15.2. The first-order chi connectivity index (χ1) is 10.1. The molecule has 21 heavy (non-hydrogen) atoms. The first-order valence-corrected chi connectivity index (χ1v) is 6.80. The summed E-state index contributed by atoms with van der Waals surface area (Å²) >= 11 is 5.84. The van der Waals surface area contributed by atoms with Crippen molar-refractivity contribution in [2.75, 3.05) is 6.61 Å². The number of aliphatic carboxylic acids is 1. The molecule has 3 nitrogen and oxygen atoms in total. The number of hydrogen-bond donors (Lipinski definition) is 1. The van der Waals surface area contributed by atoms with Gasteiger partial charge in [0.05, 0.1) is 12.5 Å². The third-order valence-electron chi connectivity index (χ3n) is 3.04. The number of halogens is 2. The van der Waals surface area contributed by atoms with E-state index in [1.54, 1.807) is 24.3 Å². The van der Waals surface area contributed by atoms with E-state index in [2.05, 4.69) is 0 Å². The minimum absolute atomic E-state index is 0.231. The van der Waals surface area contributed by atoms with Gasteiger partial charge in [-0.25, -0.2) is 4.39 Å². The van der Waals surface area contributed by atoms with Crippen LogP contribution >= 0.6 is 11.6 Å². The van der Waals surface area contributed by atoms with Crippen LogP contribution < -0.4 is 4.74 Å². The molecule has 0 amide bonds. The standard InChI is InChI=1S/C16H14ClFO3/c17-12-2-1-3-14(10-12)21-9-8-15(16(19)20)11-4-6-13(18)7-5-11/h1-7,10,15H,8-9H2,(H,19,20). The maximum atomic E-state index is 12.9. The van der Waals surface area contributed by atoms with Gasteiger partial charge in [0.15, 0.2) is 0 Å². The average molecular weight is 309 g/mol. The summed E-state index contributed by atoms with van der Waals surface area (Å²) in [6.07, 6.45) is 0.285. The van der Waals surface area contributed by atoms with Crippen molar-refractivity contribution < 1.29 is 19.0 Å². The number of benzene rings is 2. The Kier molecular flexibility index (Phi) is 5.17. The van der Waals surface area contributed by atoms with E-state index >= 15 is 0 Å². The van der Waals surface area contributed by atoms with Crippen molar-refractivity contribution in [1.29, 1.82) is 0 Å². The van der Waals surface area contributed by atoms with Crippen LogP contribution in [0.1, 0.15) is 17.9 Å².